The van der Waals surface area contributed by atoms with Gasteiger partial charge in [-0.25, -0.2) is 9.18 Å². The minimum absolute atomic E-state index is 0.112. The minimum Gasteiger partial charge on any atom is -0.453 e. The second-order valence-corrected chi connectivity index (χ2v) is 8.75. The Kier molecular flexibility index (Phi) is 4.73. The van der Waals surface area contributed by atoms with Gasteiger partial charge in [-0.1, -0.05) is 12.1 Å². The maximum Gasteiger partial charge on any atom is 0.409 e. The highest BCUT2D eigenvalue weighted by molar-refractivity contribution is 6.10. The molecule has 2 amide bonds. The maximum absolute atomic E-state index is 13.9. The SMILES string of the molecule is COC(=O)N1CC2(C1)C(=O)N(Cc1ncc3cc(F)ccc3c1-c1cccnc1)c1cnccc12. The molecule has 0 bridgehead atoms. The van der Waals surface area contributed by atoms with Gasteiger partial charge in [0, 0.05) is 54.4 Å². The number of likely N-dealkylation sites (tertiary alicyclic amines) is 1. The number of benzene rings is 1. The molecule has 1 aromatic carbocycles. The Labute approximate surface area is 200 Å². The molecule has 9 heteroatoms. The second-order valence-electron chi connectivity index (χ2n) is 8.75. The number of halogens is 1. The van der Waals surface area contributed by atoms with Gasteiger partial charge in [0.1, 0.15) is 11.2 Å². The molecule has 1 fully saturated rings. The summed E-state index contributed by atoms with van der Waals surface area (Å²) in [6.07, 6.45) is 7.90. The van der Waals surface area contributed by atoms with E-state index in [1.807, 2.05) is 18.2 Å². The summed E-state index contributed by atoms with van der Waals surface area (Å²) < 4.78 is 18.7. The number of fused-ring (bicyclic) bond motifs is 3. The lowest BCUT2D eigenvalue weighted by molar-refractivity contribution is -0.128. The van der Waals surface area contributed by atoms with Gasteiger partial charge in [-0.05, 0) is 35.2 Å². The molecule has 0 N–H and O–H groups in total. The van der Waals surface area contributed by atoms with Gasteiger partial charge < -0.3 is 14.5 Å². The molecule has 0 aliphatic carbocycles. The monoisotopic (exact) mass is 469 g/mol. The number of aromatic nitrogens is 3. The average molecular weight is 469 g/mol. The van der Waals surface area contributed by atoms with E-state index in [0.717, 1.165) is 22.1 Å². The number of pyridine rings is 3. The molecular weight excluding hydrogens is 449 g/mol. The van der Waals surface area contributed by atoms with E-state index in [4.69, 9.17) is 4.74 Å². The van der Waals surface area contributed by atoms with E-state index >= 15 is 0 Å². The van der Waals surface area contributed by atoms with Crippen molar-refractivity contribution in [2.24, 2.45) is 0 Å². The number of hydrogen-bond donors (Lipinski definition) is 0. The smallest absolute Gasteiger partial charge is 0.409 e. The van der Waals surface area contributed by atoms with Crippen molar-refractivity contribution in [3.63, 3.8) is 0 Å². The van der Waals surface area contributed by atoms with Crippen LogP contribution in [0.5, 0.6) is 0 Å². The molecule has 4 aromatic rings. The van der Waals surface area contributed by atoms with Crippen LogP contribution in [0.2, 0.25) is 0 Å². The Hall–Kier alpha value is -4.40. The van der Waals surface area contributed by atoms with Crippen LogP contribution in [0.25, 0.3) is 21.9 Å². The lowest BCUT2D eigenvalue weighted by atomic mass is 9.75. The predicted molar refractivity (Wildman–Crippen MR) is 126 cm³/mol. The van der Waals surface area contributed by atoms with Crippen LogP contribution in [0, 0.1) is 5.82 Å². The van der Waals surface area contributed by atoms with Crippen molar-refractivity contribution < 1.29 is 18.7 Å². The predicted octanol–water partition coefficient (Wildman–Crippen LogP) is 3.70. The summed E-state index contributed by atoms with van der Waals surface area (Å²) in [4.78, 5) is 42.1. The lowest BCUT2D eigenvalue weighted by Gasteiger charge is -2.45. The number of amides is 2. The van der Waals surface area contributed by atoms with Crippen LogP contribution in [0.3, 0.4) is 0 Å². The molecule has 6 rings (SSSR count). The van der Waals surface area contributed by atoms with E-state index in [1.165, 1.54) is 24.1 Å². The van der Waals surface area contributed by atoms with Crippen LogP contribution in [0.15, 0.2) is 67.4 Å². The summed E-state index contributed by atoms with van der Waals surface area (Å²) in [5.74, 6) is -0.459. The molecule has 5 heterocycles. The molecule has 174 valence electrons. The molecule has 8 nitrogen and oxygen atoms in total. The van der Waals surface area contributed by atoms with Crippen LogP contribution in [-0.4, -0.2) is 52.1 Å². The molecule has 1 spiro atoms. The first kappa shape index (κ1) is 21.2. The Morgan fingerprint density at radius 2 is 1.94 bits per heavy atom. The van der Waals surface area contributed by atoms with Crippen molar-refractivity contribution >= 4 is 28.5 Å². The van der Waals surface area contributed by atoms with E-state index < -0.39 is 11.5 Å². The highest BCUT2D eigenvalue weighted by Crippen LogP contribution is 2.48. The molecule has 0 radical (unpaired) electrons. The third kappa shape index (κ3) is 3.15. The van der Waals surface area contributed by atoms with Crippen LogP contribution in [0.1, 0.15) is 11.3 Å². The number of ether oxygens (including phenoxy) is 1. The fourth-order valence-corrected chi connectivity index (χ4v) is 5.15. The fraction of sp³-hybridized carbons (Fsp3) is 0.192. The molecule has 0 atom stereocenters. The number of anilines is 1. The number of carbonyl (C=O) groups is 2. The van der Waals surface area contributed by atoms with E-state index in [-0.39, 0.29) is 31.4 Å². The quantitative estimate of drug-likeness (QED) is 0.455. The van der Waals surface area contributed by atoms with Gasteiger partial charge in [-0.3, -0.25) is 19.7 Å². The molecule has 3 aromatic heterocycles. The summed E-state index contributed by atoms with van der Waals surface area (Å²) in [7, 11) is 1.32. The summed E-state index contributed by atoms with van der Waals surface area (Å²) in [6.45, 7) is 0.673. The van der Waals surface area contributed by atoms with Gasteiger partial charge in [-0.15, -0.1) is 0 Å². The van der Waals surface area contributed by atoms with E-state index in [2.05, 4.69) is 15.0 Å². The molecule has 0 saturated carbocycles. The van der Waals surface area contributed by atoms with Crippen molar-refractivity contribution in [2.45, 2.75) is 12.0 Å². The molecule has 35 heavy (non-hydrogen) atoms. The zero-order valence-corrected chi connectivity index (χ0v) is 18.8. The molecular formula is C26H20FN5O3. The Morgan fingerprint density at radius 3 is 2.71 bits per heavy atom. The third-order valence-corrected chi connectivity index (χ3v) is 6.80. The summed E-state index contributed by atoms with van der Waals surface area (Å²) in [6, 6.07) is 10.2. The highest BCUT2D eigenvalue weighted by atomic mass is 19.1. The number of nitrogens with zero attached hydrogens (tertiary/aromatic N) is 5. The van der Waals surface area contributed by atoms with Gasteiger partial charge >= 0.3 is 6.09 Å². The molecule has 1 saturated heterocycles. The standard InChI is InChI=1S/C26H20FN5O3/c1-35-25(34)31-14-26(15-31)20-6-8-29-12-22(20)32(24(26)33)13-21-23(16-3-2-7-28-10-16)19-5-4-18(27)9-17(19)11-30-21/h2-12H,13-15H2,1H3. The van der Waals surface area contributed by atoms with Gasteiger partial charge in [0.2, 0.25) is 5.91 Å². The van der Waals surface area contributed by atoms with Crippen molar-refractivity contribution in [1.82, 2.24) is 19.9 Å². The number of rotatable bonds is 3. The van der Waals surface area contributed by atoms with Gasteiger partial charge in [0.15, 0.2) is 0 Å². The first-order chi connectivity index (χ1) is 17.0. The summed E-state index contributed by atoms with van der Waals surface area (Å²) >= 11 is 0. The fourth-order valence-electron chi connectivity index (χ4n) is 5.15. The first-order valence-electron chi connectivity index (χ1n) is 11.1. The Bertz CT molecular complexity index is 1490. The number of methoxy groups -OCH3 is 1. The van der Waals surface area contributed by atoms with Gasteiger partial charge in [-0.2, -0.15) is 0 Å². The van der Waals surface area contributed by atoms with Crippen LogP contribution < -0.4 is 4.90 Å². The van der Waals surface area contributed by atoms with E-state index in [0.29, 0.717) is 16.8 Å². The molecule has 2 aliphatic rings. The van der Waals surface area contributed by atoms with Crippen LogP contribution >= 0.6 is 0 Å². The van der Waals surface area contributed by atoms with E-state index in [1.54, 1.807) is 42.0 Å². The Morgan fingerprint density at radius 1 is 1.11 bits per heavy atom. The van der Waals surface area contributed by atoms with E-state index in [9.17, 15) is 14.0 Å². The second kappa shape index (κ2) is 7.83. The number of carbonyl (C=O) groups excluding carboxylic acids is 2. The average Bonchev–Trinajstić information content (AvgIpc) is 3.11. The number of hydrogen-bond acceptors (Lipinski definition) is 6. The normalized spacial score (nSPS) is 15.9. The lowest BCUT2D eigenvalue weighted by Crippen LogP contribution is -2.65. The third-order valence-electron chi connectivity index (χ3n) is 6.80. The zero-order valence-electron chi connectivity index (χ0n) is 18.8. The Balaban J connectivity index is 1.44. The maximum atomic E-state index is 13.9. The summed E-state index contributed by atoms with van der Waals surface area (Å²) in [5, 5.41) is 1.48. The van der Waals surface area contributed by atoms with Gasteiger partial charge in [0.25, 0.3) is 0 Å². The van der Waals surface area contributed by atoms with Crippen LogP contribution in [-0.2, 0) is 21.5 Å². The first-order valence-corrected chi connectivity index (χ1v) is 11.1. The molecule has 0 unspecified atom stereocenters. The van der Waals surface area contributed by atoms with Crippen molar-refractivity contribution in [1.29, 1.82) is 0 Å². The zero-order chi connectivity index (χ0) is 24.2. The van der Waals surface area contributed by atoms with Crippen molar-refractivity contribution in [3.8, 4) is 11.1 Å². The van der Waals surface area contributed by atoms with Crippen LogP contribution in [0.4, 0.5) is 14.9 Å². The van der Waals surface area contributed by atoms with Crippen molar-refractivity contribution in [2.75, 3.05) is 25.1 Å². The largest absolute Gasteiger partial charge is 0.453 e. The van der Waals surface area contributed by atoms with Gasteiger partial charge in [0.05, 0.1) is 31.2 Å². The molecule has 2 aliphatic heterocycles. The van der Waals surface area contributed by atoms with Crippen molar-refractivity contribution in [3.05, 3.63) is 84.5 Å². The minimum atomic E-state index is -0.832. The highest BCUT2D eigenvalue weighted by Gasteiger charge is 2.59. The summed E-state index contributed by atoms with van der Waals surface area (Å²) in [5.41, 5.74) is 2.96. The topological polar surface area (TPSA) is 88.5 Å².